The molecule has 0 heterocycles. The Hall–Kier alpha value is -1.12. The van der Waals surface area contributed by atoms with Crippen molar-refractivity contribution in [3.05, 3.63) is 11.6 Å². The van der Waals surface area contributed by atoms with Crippen LogP contribution < -0.4 is 0 Å². The molecule has 2 atom stereocenters. The number of hydrogen-bond acceptors (Lipinski definition) is 3. The van der Waals surface area contributed by atoms with Gasteiger partial charge in [-0.3, -0.25) is 9.59 Å². The molecule has 3 heteroatoms. The maximum absolute atomic E-state index is 11.6. The Bertz CT molecular complexity index is 304. The summed E-state index contributed by atoms with van der Waals surface area (Å²) in [6.07, 6.45) is 5.85. The van der Waals surface area contributed by atoms with E-state index in [4.69, 9.17) is 0 Å². The maximum atomic E-state index is 11.6. The van der Waals surface area contributed by atoms with Gasteiger partial charge in [0.2, 0.25) is 0 Å². The van der Waals surface area contributed by atoms with Crippen LogP contribution in [0.4, 0.5) is 0 Å². The quantitative estimate of drug-likeness (QED) is 0.469. The van der Waals surface area contributed by atoms with E-state index in [2.05, 4.69) is 4.74 Å². The summed E-state index contributed by atoms with van der Waals surface area (Å²) in [5.74, 6) is -0.814. The van der Waals surface area contributed by atoms with Crippen LogP contribution in [-0.2, 0) is 14.3 Å². The lowest BCUT2D eigenvalue weighted by molar-refractivity contribution is -0.149. The second-order valence-electron chi connectivity index (χ2n) is 3.97. The van der Waals surface area contributed by atoms with Gasteiger partial charge in [-0.05, 0) is 25.3 Å². The lowest BCUT2D eigenvalue weighted by atomic mass is 9.80. The molecular weight excluding hydrogens is 180 g/mol. The molecule has 0 aromatic carbocycles. The number of ether oxygens (including phenoxy) is 1. The average Bonchev–Trinajstić information content (AvgIpc) is 2.53. The second kappa shape index (κ2) is 3.56. The summed E-state index contributed by atoms with van der Waals surface area (Å²) in [7, 11) is 1.34. The van der Waals surface area contributed by atoms with Crippen molar-refractivity contribution >= 4 is 11.8 Å². The third kappa shape index (κ3) is 1.37. The molecule has 0 amide bonds. The standard InChI is InChI=1S/C11H14O3/c1-14-11(13)10-8-5-3-2-4-7(8)6-9(10)12/h6,8,10H,2-5H2,1H3. The smallest absolute Gasteiger partial charge is 0.317 e. The Labute approximate surface area is 83.1 Å². The van der Waals surface area contributed by atoms with Crippen LogP contribution in [0, 0.1) is 11.8 Å². The topological polar surface area (TPSA) is 43.4 Å². The fraction of sp³-hybridized carbons (Fsp3) is 0.636. The highest BCUT2D eigenvalue weighted by atomic mass is 16.5. The normalized spacial score (nSPS) is 30.9. The number of methoxy groups -OCH3 is 1. The van der Waals surface area contributed by atoms with Gasteiger partial charge in [-0.2, -0.15) is 0 Å². The molecule has 3 nitrogen and oxygen atoms in total. The van der Waals surface area contributed by atoms with Crippen LogP contribution in [-0.4, -0.2) is 18.9 Å². The van der Waals surface area contributed by atoms with E-state index >= 15 is 0 Å². The molecule has 0 spiro atoms. The van der Waals surface area contributed by atoms with Crippen LogP contribution in [0.3, 0.4) is 0 Å². The minimum Gasteiger partial charge on any atom is -0.468 e. The van der Waals surface area contributed by atoms with Gasteiger partial charge in [0.05, 0.1) is 7.11 Å². The van der Waals surface area contributed by atoms with Gasteiger partial charge in [0.1, 0.15) is 5.92 Å². The highest BCUT2D eigenvalue weighted by Gasteiger charge is 2.42. The molecule has 1 saturated carbocycles. The van der Waals surface area contributed by atoms with Crippen molar-refractivity contribution in [2.24, 2.45) is 11.8 Å². The molecule has 76 valence electrons. The molecular formula is C11H14O3. The first-order chi connectivity index (χ1) is 6.74. The van der Waals surface area contributed by atoms with Gasteiger partial charge < -0.3 is 4.74 Å². The van der Waals surface area contributed by atoms with Crippen LogP contribution in [0.5, 0.6) is 0 Å². The predicted molar refractivity (Wildman–Crippen MR) is 50.6 cm³/mol. The Balaban J connectivity index is 2.21. The van der Waals surface area contributed by atoms with E-state index in [0.717, 1.165) is 31.3 Å². The van der Waals surface area contributed by atoms with Crippen molar-refractivity contribution in [2.75, 3.05) is 7.11 Å². The first-order valence-electron chi connectivity index (χ1n) is 5.06. The van der Waals surface area contributed by atoms with Crippen molar-refractivity contribution in [2.45, 2.75) is 25.7 Å². The van der Waals surface area contributed by atoms with Crippen molar-refractivity contribution < 1.29 is 14.3 Å². The van der Waals surface area contributed by atoms with Crippen LogP contribution in [0.15, 0.2) is 11.6 Å². The highest BCUT2D eigenvalue weighted by molar-refractivity contribution is 6.08. The molecule has 0 N–H and O–H groups in total. The van der Waals surface area contributed by atoms with Crippen LogP contribution >= 0.6 is 0 Å². The highest BCUT2D eigenvalue weighted by Crippen LogP contribution is 2.40. The monoisotopic (exact) mass is 194 g/mol. The summed E-state index contributed by atoms with van der Waals surface area (Å²) in [6.45, 7) is 0. The van der Waals surface area contributed by atoms with Crippen LogP contribution in [0.2, 0.25) is 0 Å². The van der Waals surface area contributed by atoms with E-state index in [1.807, 2.05) is 0 Å². The zero-order valence-corrected chi connectivity index (χ0v) is 8.29. The summed E-state index contributed by atoms with van der Waals surface area (Å²) in [6, 6.07) is 0. The summed E-state index contributed by atoms with van der Waals surface area (Å²) in [4.78, 5) is 23.0. The molecule has 2 aliphatic carbocycles. The lowest BCUT2D eigenvalue weighted by Gasteiger charge is -2.24. The lowest BCUT2D eigenvalue weighted by Crippen LogP contribution is -2.28. The van der Waals surface area contributed by atoms with Crippen LogP contribution in [0.25, 0.3) is 0 Å². The second-order valence-corrected chi connectivity index (χ2v) is 3.97. The van der Waals surface area contributed by atoms with Gasteiger partial charge in [-0.1, -0.05) is 12.0 Å². The summed E-state index contributed by atoms with van der Waals surface area (Å²) >= 11 is 0. The summed E-state index contributed by atoms with van der Waals surface area (Å²) < 4.78 is 4.66. The Morgan fingerprint density at radius 1 is 1.50 bits per heavy atom. The summed E-state index contributed by atoms with van der Waals surface area (Å²) in [5.41, 5.74) is 1.16. The minimum absolute atomic E-state index is 0.0567. The fourth-order valence-electron chi connectivity index (χ4n) is 2.50. The van der Waals surface area contributed by atoms with E-state index in [-0.39, 0.29) is 17.7 Å². The van der Waals surface area contributed by atoms with E-state index in [1.54, 1.807) is 6.08 Å². The first-order valence-corrected chi connectivity index (χ1v) is 5.06. The summed E-state index contributed by atoms with van der Waals surface area (Å²) in [5, 5.41) is 0. The third-order valence-electron chi connectivity index (χ3n) is 3.20. The third-order valence-corrected chi connectivity index (χ3v) is 3.20. The van der Waals surface area contributed by atoms with Crippen molar-refractivity contribution in [3.63, 3.8) is 0 Å². The molecule has 0 saturated heterocycles. The number of carbonyl (C=O) groups excluding carboxylic acids is 2. The molecule has 2 rings (SSSR count). The molecule has 0 bridgehead atoms. The van der Waals surface area contributed by atoms with E-state index in [0.29, 0.717) is 0 Å². The maximum Gasteiger partial charge on any atom is 0.317 e. The number of fused-ring (bicyclic) bond motifs is 1. The molecule has 0 aromatic heterocycles. The van der Waals surface area contributed by atoms with Crippen molar-refractivity contribution in [1.29, 1.82) is 0 Å². The number of rotatable bonds is 1. The van der Waals surface area contributed by atoms with Gasteiger partial charge in [0, 0.05) is 5.92 Å². The Morgan fingerprint density at radius 2 is 2.29 bits per heavy atom. The Morgan fingerprint density at radius 3 is 3.00 bits per heavy atom. The Kier molecular flexibility index (Phi) is 2.40. The predicted octanol–water partition coefficient (Wildman–Crippen LogP) is 1.47. The molecule has 1 fully saturated rings. The van der Waals surface area contributed by atoms with Crippen molar-refractivity contribution in [1.82, 2.24) is 0 Å². The van der Waals surface area contributed by atoms with Gasteiger partial charge >= 0.3 is 5.97 Å². The average molecular weight is 194 g/mol. The van der Waals surface area contributed by atoms with Crippen molar-refractivity contribution in [3.8, 4) is 0 Å². The van der Waals surface area contributed by atoms with Gasteiger partial charge in [0.25, 0.3) is 0 Å². The number of hydrogen-bond donors (Lipinski definition) is 0. The number of ketones is 1. The zero-order chi connectivity index (χ0) is 10.1. The molecule has 0 aromatic rings. The fourth-order valence-corrected chi connectivity index (χ4v) is 2.50. The van der Waals surface area contributed by atoms with E-state index < -0.39 is 5.92 Å². The number of carbonyl (C=O) groups is 2. The van der Waals surface area contributed by atoms with Crippen LogP contribution in [0.1, 0.15) is 25.7 Å². The van der Waals surface area contributed by atoms with Gasteiger partial charge in [-0.15, -0.1) is 0 Å². The number of allylic oxidation sites excluding steroid dienone is 2. The van der Waals surface area contributed by atoms with Gasteiger partial charge in [0.15, 0.2) is 5.78 Å². The SMILES string of the molecule is COC(=O)C1C(=O)C=C2CCCCC21. The van der Waals surface area contributed by atoms with E-state index in [9.17, 15) is 9.59 Å². The van der Waals surface area contributed by atoms with E-state index in [1.165, 1.54) is 7.11 Å². The first kappa shape index (κ1) is 9.44. The molecule has 14 heavy (non-hydrogen) atoms. The molecule has 0 aliphatic heterocycles. The molecule has 2 aliphatic rings. The van der Waals surface area contributed by atoms with Gasteiger partial charge in [-0.25, -0.2) is 0 Å². The minimum atomic E-state index is -0.532. The zero-order valence-electron chi connectivity index (χ0n) is 8.29. The number of esters is 1. The molecule has 0 radical (unpaired) electrons. The molecule has 2 unspecified atom stereocenters. The largest absolute Gasteiger partial charge is 0.468 e.